The Bertz CT molecular complexity index is 425. The molecule has 0 radical (unpaired) electrons. The van der Waals surface area contributed by atoms with E-state index in [9.17, 15) is 0 Å². The van der Waals surface area contributed by atoms with Crippen LogP contribution in [0.15, 0.2) is 53.2 Å². The van der Waals surface area contributed by atoms with Gasteiger partial charge in [-0.05, 0) is 12.2 Å². The molecule has 0 aliphatic rings. The molecule has 0 fully saturated rings. The van der Waals surface area contributed by atoms with Gasteiger partial charge in [0.2, 0.25) is 0 Å². The smallest absolute Gasteiger partial charge is 0.197 e. The zero-order valence-electron chi connectivity index (χ0n) is 9.68. The number of hydrogen-bond donors (Lipinski definition) is 0. The number of rotatable bonds is 5. The molecule has 0 N–H and O–H groups in total. The van der Waals surface area contributed by atoms with Crippen molar-refractivity contribution in [3.05, 3.63) is 55.4 Å². The molecule has 0 bridgehead atoms. The largest absolute Gasteiger partial charge is 0.439 e. The molecule has 3 heteroatoms. The van der Waals surface area contributed by atoms with Crippen LogP contribution in [0.4, 0.5) is 0 Å². The van der Waals surface area contributed by atoms with Gasteiger partial charge < -0.3 is 4.42 Å². The first-order valence-electron chi connectivity index (χ1n) is 5.13. The maximum atomic E-state index is 5.56. The summed E-state index contributed by atoms with van der Waals surface area (Å²) in [4.78, 5) is 8.36. The second kappa shape index (κ2) is 5.85. The van der Waals surface area contributed by atoms with Crippen LogP contribution in [0.25, 0.3) is 0 Å². The van der Waals surface area contributed by atoms with E-state index in [0.29, 0.717) is 17.4 Å². The summed E-state index contributed by atoms with van der Waals surface area (Å²) in [6.07, 6.45) is 8.34. The van der Waals surface area contributed by atoms with Crippen LogP contribution in [0.1, 0.15) is 31.4 Å². The lowest BCUT2D eigenvalue weighted by molar-refractivity contribution is 0.465. The number of allylic oxidation sites excluding steroid dienone is 3. The lowest BCUT2D eigenvalue weighted by atomic mass is 10.2. The predicted molar refractivity (Wildman–Crippen MR) is 66.7 cm³/mol. The number of oxazole rings is 1. The molecule has 0 aromatic carbocycles. The van der Waals surface area contributed by atoms with Crippen molar-refractivity contribution in [1.82, 2.24) is 4.98 Å². The Labute approximate surface area is 95.9 Å². The second-order valence-electron chi connectivity index (χ2n) is 3.51. The van der Waals surface area contributed by atoms with E-state index < -0.39 is 0 Å². The van der Waals surface area contributed by atoms with E-state index in [4.69, 9.17) is 4.42 Å². The Hall–Kier alpha value is -1.90. The monoisotopic (exact) mass is 216 g/mol. The van der Waals surface area contributed by atoms with Crippen LogP contribution >= 0.6 is 0 Å². The minimum Gasteiger partial charge on any atom is -0.439 e. The zero-order chi connectivity index (χ0) is 12.0. The zero-order valence-corrected chi connectivity index (χ0v) is 9.68. The van der Waals surface area contributed by atoms with E-state index in [1.165, 1.54) is 0 Å². The van der Waals surface area contributed by atoms with Crippen LogP contribution in [0, 0.1) is 0 Å². The molecule has 1 heterocycles. The fourth-order valence-corrected chi connectivity index (χ4v) is 1.07. The van der Waals surface area contributed by atoms with E-state index in [-0.39, 0.29) is 5.92 Å². The Morgan fingerprint density at radius 2 is 2.25 bits per heavy atom. The Kier molecular flexibility index (Phi) is 4.45. The normalized spacial score (nSPS) is 12.3. The maximum Gasteiger partial charge on any atom is 0.197 e. The summed E-state index contributed by atoms with van der Waals surface area (Å²) < 4.78 is 5.56. The first-order chi connectivity index (χ1) is 7.69. The van der Waals surface area contributed by atoms with Crippen molar-refractivity contribution in [1.29, 1.82) is 0 Å². The molecule has 84 valence electrons. The van der Waals surface area contributed by atoms with Crippen LogP contribution in [-0.2, 0) is 0 Å². The average Bonchev–Trinajstić information content (AvgIpc) is 2.74. The van der Waals surface area contributed by atoms with E-state index in [1.807, 2.05) is 13.8 Å². The molecule has 1 aromatic rings. The number of aromatic nitrogens is 1. The standard InChI is InChI=1S/C13H16N2O/c1-5-7-8-14-11(6-2)12-9-15-13(16-12)10(3)4/h5-10H,1-2H2,3-4H3/b8-7-,14-11+. The number of aliphatic imine (C=N–C) groups is 1. The summed E-state index contributed by atoms with van der Waals surface area (Å²) in [6.45, 7) is 11.3. The molecule has 1 rings (SSSR count). The molecule has 0 amide bonds. The molecule has 3 nitrogen and oxygen atoms in total. The maximum absolute atomic E-state index is 5.56. The van der Waals surface area contributed by atoms with E-state index in [1.54, 1.807) is 30.6 Å². The predicted octanol–water partition coefficient (Wildman–Crippen LogP) is 3.47. The highest BCUT2D eigenvalue weighted by Crippen LogP contribution is 2.15. The van der Waals surface area contributed by atoms with Crippen LogP contribution in [0.3, 0.4) is 0 Å². The second-order valence-corrected chi connectivity index (χ2v) is 3.51. The van der Waals surface area contributed by atoms with E-state index in [0.717, 1.165) is 0 Å². The fourth-order valence-electron chi connectivity index (χ4n) is 1.07. The molecular formula is C13H16N2O. The summed E-state index contributed by atoms with van der Waals surface area (Å²) in [5, 5.41) is 0. The molecule has 0 atom stereocenters. The van der Waals surface area contributed by atoms with Crippen molar-refractivity contribution in [2.45, 2.75) is 19.8 Å². The summed E-state index contributed by atoms with van der Waals surface area (Å²) >= 11 is 0. The molecular weight excluding hydrogens is 200 g/mol. The van der Waals surface area contributed by atoms with Crippen molar-refractivity contribution in [2.75, 3.05) is 0 Å². The van der Waals surface area contributed by atoms with Gasteiger partial charge >= 0.3 is 0 Å². The molecule has 0 unspecified atom stereocenters. The van der Waals surface area contributed by atoms with Gasteiger partial charge in [0, 0.05) is 12.1 Å². The third-order valence-corrected chi connectivity index (χ3v) is 1.90. The van der Waals surface area contributed by atoms with Crippen molar-refractivity contribution in [3.63, 3.8) is 0 Å². The number of hydrogen-bond acceptors (Lipinski definition) is 3. The average molecular weight is 216 g/mol. The van der Waals surface area contributed by atoms with Crippen molar-refractivity contribution in [2.24, 2.45) is 4.99 Å². The first-order valence-corrected chi connectivity index (χ1v) is 5.13. The highest BCUT2D eigenvalue weighted by atomic mass is 16.4. The van der Waals surface area contributed by atoms with Gasteiger partial charge in [0.1, 0.15) is 5.71 Å². The molecule has 0 saturated heterocycles. The van der Waals surface area contributed by atoms with E-state index in [2.05, 4.69) is 23.1 Å². The third kappa shape index (κ3) is 3.05. The van der Waals surface area contributed by atoms with E-state index >= 15 is 0 Å². The minimum absolute atomic E-state index is 0.267. The Morgan fingerprint density at radius 1 is 1.50 bits per heavy atom. The minimum atomic E-state index is 0.267. The third-order valence-electron chi connectivity index (χ3n) is 1.90. The Morgan fingerprint density at radius 3 is 2.75 bits per heavy atom. The number of nitrogens with zero attached hydrogens (tertiary/aromatic N) is 2. The van der Waals surface area contributed by atoms with Gasteiger partial charge in [0.25, 0.3) is 0 Å². The van der Waals surface area contributed by atoms with Crippen LogP contribution in [0.5, 0.6) is 0 Å². The van der Waals surface area contributed by atoms with Crippen LogP contribution in [-0.4, -0.2) is 10.7 Å². The van der Waals surface area contributed by atoms with Gasteiger partial charge in [0.15, 0.2) is 11.7 Å². The lowest BCUT2D eigenvalue weighted by Gasteiger charge is -1.96. The Balaban J connectivity index is 2.95. The van der Waals surface area contributed by atoms with Crippen molar-refractivity contribution >= 4 is 5.71 Å². The highest BCUT2D eigenvalue weighted by molar-refractivity contribution is 6.06. The quantitative estimate of drug-likeness (QED) is 0.558. The molecule has 0 spiro atoms. The van der Waals surface area contributed by atoms with Crippen LogP contribution < -0.4 is 0 Å². The summed E-state index contributed by atoms with van der Waals surface area (Å²) in [7, 11) is 0. The highest BCUT2D eigenvalue weighted by Gasteiger charge is 2.09. The van der Waals surface area contributed by atoms with Crippen molar-refractivity contribution < 1.29 is 4.42 Å². The van der Waals surface area contributed by atoms with Crippen LogP contribution in [0.2, 0.25) is 0 Å². The lowest BCUT2D eigenvalue weighted by Crippen LogP contribution is -1.92. The summed E-state index contributed by atoms with van der Waals surface area (Å²) in [5.74, 6) is 1.60. The molecule has 0 saturated carbocycles. The first kappa shape index (κ1) is 12.2. The van der Waals surface area contributed by atoms with Gasteiger partial charge in [-0.15, -0.1) is 0 Å². The SMILES string of the molecule is C=C/C=C\N=C(/C=C)c1cnc(C(C)C)o1. The van der Waals surface area contributed by atoms with Gasteiger partial charge in [-0.3, -0.25) is 4.99 Å². The van der Waals surface area contributed by atoms with Gasteiger partial charge in [-0.25, -0.2) is 4.98 Å². The topological polar surface area (TPSA) is 38.4 Å². The molecule has 16 heavy (non-hydrogen) atoms. The summed E-state index contributed by atoms with van der Waals surface area (Å²) in [5.41, 5.74) is 0.664. The molecule has 0 aliphatic carbocycles. The van der Waals surface area contributed by atoms with Gasteiger partial charge in [-0.1, -0.05) is 33.1 Å². The molecule has 1 aromatic heterocycles. The van der Waals surface area contributed by atoms with Crippen molar-refractivity contribution in [3.8, 4) is 0 Å². The fraction of sp³-hybridized carbons (Fsp3) is 0.231. The molecule has 0 aliphatic heterocycles. The van der Waals surface area contributed by atoms with Gasteiger partial charge in [0.05, 0.1) is 6.20 Å². The van der Waals surface area contributed by atoms with Gasteiger partial charge in [-0.2, -0.15) is 0 Å². The summed E-state index contributed by atoms with van der Waals surface area (Å²) in [6, 6.07) is 0.